The summed E-state index contributed by atoms with van der Waals surface area (Å²) >= 11 is 0. The lowest BCUT2D eigenvalue weighted by Crippen LogP contribution is -2.50. The van der Waals surface area contributed by atoms with Crippen molar-refractivity contribution in [3.05, 3.63) is 0 Å². The maximum atomic E-state index is 12.7. The third-order valence-corrected chi connectivity index (χ3v) is 7.20. The van der Waals surface area contributed by atoms with Crippen molar-refractivity contribution in [3.8, 4) is 0 Å². The highest BCUT2D eigenvalue weighted by molar-refractivity contribution is 7.86. The Bertz CT molecular complexity index is 428. The van der Waals surface area contributed by atoms with Gasteiger partial charge in [0.05, 0.1) is 0 Å². The Morgan fingerprint density at radius 2 is 1.38 bits per heavy atom. The highest BCUT2D eigenvalue weighted by Gasteiger charge is 2.37. The summed E-state index contributed by atoms with van der Waals surface area (Å²) in [5.74, 6) is 0.868. The van der Waals surface area contributed by atoms with Gasteiger partial charge in [0.2, 0.25) is 0 Å². The molecule has 0 radical (unpaired) electrons. The second-order valence-electron chi connectivity index (χ2n) is 7.57. The normalized spacial score (nSPS) is 25.3. The zero-order valence-electron chi connectivity index (χ0n) is 13.6. The summed E-state index contributed by atoms with van der Waals surface area (Å²) in [5.41, 5.74) is 0.259. The maximum Gasteiger partial charge on any atom is 0.281 e. The van der Waals surface area contributed by atoms with Gasteiger partial charge in [0.1, 0.15) is 0 Å². The summed E-state index contributed by atoms with van der Waals surface area (Å²) < 4.78 is 28.6. The second-order valence-corrected chi connectivity index (χ2v) is 9.50. The van der Waals surface area contributed by atoms with Crippen molar-refractivity contribution in [2.24, 2.45) is 17.3 Å². The molecule has 0 aliphatic carbocycles. The van der Waals surface area contributed by atoms with Crippen molar-refractivity contribution < 1.29 is 13.5 Å². The van der Waals surface area contributed by atoms with Gasteiger partial charge in [0.15, 0.2) is 0 Å². The van der Waals surface area contributed by atoms with Crippen LogP contribution in [0.25, 0.3) is 0 Å². The molecule has 2 aliphatic heterocycles. The van der Waals surface area contributed by atoms with E-state index in [1.807, 2.05) is 0 Å². The molecule has 2 fully saturated rings. The Labute approximate surface area is 129 Å². The number of hydrogen-bond acceptors (Lipinski definition) is 3. The fourth-order valence-electron chi connectivity index (χ4n) is 3.44. The highest BCUT2D eigenvalue weighted by Crippen LogP contribution is 2.35. The molecule has 0 aromatic rings. The van der Waals surface area contributed by atoms with Crippen LogP contribution >= 0.6 is 0 Å². The highest BCUT2D eigenvalue weighted by atomic mass is 32.2. The molecule has 6 heteroatoms. The van der Waals surface area contributed by atoms with Gasteiger partial charge in [0.25, 0.3) is 10.2 Å². The van der Waals surface area contributed by atoms with Crippen molar-refractivity contribution in [2.45, 2.75) is 46.5 Å². The van der Waals surface area contributed by atoms with Crippen molar-refractivity contribution in [2.75, 3.05) is 32.8 Å². The number of aliphatic hydroxyl groups excluding tert-OH is 1. The monoisotopic (exact) mass is 318 g/mol. The predicted molar refractivity (Wildman–Crippen MR) is 84.1 cm³/mol. The van der Waals surface area contributed by atoms with Crippen LogP contribution in [0.15, 0.2) is 0 Å². The third-order valence-electron chi connectivity index (χ3n) is 5.16. The number of aliphatic hydroxyl groups is 1. The van der Waals surface area contributed by atoms with E-state index in [1.165, 1.54) is 0 Å². The summed E-state index contributed by atoms with van der Waals surface area (Å²) in [4.78, 5) is 0. The molecule has 0 unspecified atom stereocenters. The Morgan fingerprint density at radius 1 is 0.952 bits per heavy atom. The smallest absolute Gasteiger partial charge is 0.281 e. The molecule has 0 saturated carbocycles. The van der Waals surface area contributed by atoms with Gasteiger partial charge in [0, 0.05) is 32.8 Å². The van der Waals surface area contributed by atoms with E-state index < -0.39 is 10.2 Å². The Balaban J connectivity index is 1.93. The van der Waals surface area contributed by atoms with E-state index in [0.29, 0.717) is 32.1 Å². The molecule has 2 rings (SSSR count). The minimum absolute atomic E-state index is 0.171. The molecule has 2 aliphatic rings. The summed E-state index contributed by atoms with van der Waals surface area (Å²) in [6, 6.07) is 0. The summed E-state index contributed by atoms with van der Waals surface area (Å²) in [5, 5.41) is 9.16. The molecule has 2 heterocycles. The number of piperidine rings is 2. The van der Waals surface area contributed by atoms with Gasteiger partial charge in [-0.1, -0.05) is 20.8 Å². The summed E-state index contributed by atoms with van der Waals surface area (Å²) in [6.45, 7) is 9.27. The van der Waals surface area contributed by atoms with Crippen LogP contribution in [0.1, 0.15) is 46.5 Å². The van der Waals surface area contributed by atoms with Crippen LogP contribution in [0.3, 0.4) is 0 Å². The van der Waals surface area contributed by atoms with E-state index in [4.69, 9.17) is 5.11 Å². The molecule has 0 bridgehead atoms. The molecule has 0 aromatic carbocycles. The molecule has 21 heavy (non-hydrogen) atoms. The predicted octanol–water partition coefficient (Wildman–Crippen LogP) is 1.69. The lowest BCUT2D eigenvalue weighted by atomic mass is 9.76. The minimum Gasteiger partial charge on any atom is -0.396 e. The zero-order valence-corrected chi connectivity index (χ0v) is 14.4. The summed E-state index contributed by atoms with van der Waals surface area (Å²) in [7, 11) is -3.30. The van der Waals surface area contributed by atoms with Crippen molar-refractivity contribution in [1.29, 1.82) is 0 Å². The first-order valence-electron chi connectivity index (χ1n) is 8.11. The second kappa shape index (κ2) is 6.52. The average Bonchev–Trinajstić information content (AvgIpc) is 2.46. The molecule has 5 nitrogen and oxygen atoms in total. The van der Waals surface area contributed by atoms with Crippen molar-refractivity contribution in [1.82, 2.24) is 8.61 Å². The topological polar surface area (TPSA) is 60.9 Å². The first-order chi connectivity index (χ1) is 9.75. The lowest BCUT2D eigenvalue weighted by molar-refractivity contribution is 0.141. The van der Waals surface area contributed by atoms with Crippen molar-refractivity contribution >= 4 is 10.2 Å². The van der Waals surface area contributed by atoms with Crippen LogP contribution in [-0.2, 0) is 10.2 Å². The molecular weight excluding hydrogens is 288 g/mol. The number of rotatable bonds is 3. The summed E-state index contributed by atoms with van der Waals surface area (Å²) in [6.07, 6.45) is 3.45. The van der Waals surface area contributed by atoms with Gasteiger partial charge in [-0.25, -0.2) is 0 Å². The standard InChI is InChI=1S/C15H30N2O3S/c1-15(2,3)14-6-10-17(11-7-14)21(19,20)16-8-4-13(12-18)5-9-16/h13-14,18H,4-12H2,1-3H3. The van der Waals surface area contributed by atoms with E-state index in [-0.39, 0.29) is 17.9 Å². The number of hydrogen-bond donors (Lipinski definition) is 1. The SMILES string of the molecule is CC(C)(C)C1CCN(S(=O)(=O)N2CCC(CO)CC2)CC1. The van der Waals surface area contributed by atoms with Gasteiger partial charge >= 0.3 is 0 Å². The number of nitrogens with zero attached hydrogens (tertiary/aromatic N) is 2. The van der Waals surface area contributed by atoms with Gasteiger partial charge < -0.3 is 5.11 Å². The zero-order chi connectivity index (χ0) is 15.7. The van der Waals surface area contributed by atoms with Crippen LogP contribution in [-0.4, -0.2) is 54.9 Å². The van der Waals surface area contributed by atoms with Crippen LogP contribution < -0.4 is 0 Å². The van der Waals surface area contributed by atoms with Crippen LogP contribution in [0, 0.1) is 17.3 Å². The third kappa shape index (κ3) is 3.97. The molecule has 124 valence electrons. The van der Waals surface area contributed by atoms with Gasteiger partial charge in [-0.15, -0.1) is 0 Å². The lowest BCUT2D eigenvalue weighted by Gasteiger charge is -2.40. The Morgan fingerprint density at radius 3 is 1.76 bits per heavy atom. The van der Waals surface area contributed by atoms with E-state index in [1.54, 1.807) is 8.61 Å². The molecule has 0 amide bonds. The van der Waals surface area contributed by atoms with E-state index in [9.17, 15) is 8.42 Å². The first-order valence-corrected chi connectivity index (χ1v) is 9.51. The molecule has 2 saturated heterocycles. The van der Waals surface area contributed by atoms with Crippen LogP contribution in [0.2, 0.25) is 0 Å². The molecule has 0 spiro atoms. The van der Waals surface area contributed by atoms with E-state index >= 15 is 0 Å². The molecular formula is C15H30N2O3S. The molecule has 0 atom stereocenters. The quantitative estimate of drug-likeness (QED) is 0.861. The van der Waals surface area contributed by atoms with Gasteiger partial charge in [-0.05, 0) is 42.9 Å². The largest absolute Gasteiger partial charge is 0.396 e. The van der Waals surface area contributed by atoms with Gasteiger partial charge in [-0.2, -0.15) is 17.0 Å². The van der Waals surface area contributed by atoms with Crippen LogP contribution in [0.4, 0.5) is 0 Å². The maximum absolute atomic E-state index is 12.7. The minimum atomic E-state index is -3.30. The molecule has 0 aromatic heterocycles. The Hall–Kier alpha value is -0.170. The van der Waals surface area contributed by atoms with E-state index in [2.05, 4.69) is 20.8 Å². The average molecular weight is 318 g/mol. The van der Waals surface area contributed by atoms with Gasteiger partial charge in [-0.3, -0.25) is 0 Å². The first kappa shape index (κ1) is 17.2. The van der Waals surface area contributed by atoms with Crippen LogP contribution in [0.5, 0.6) is 0 Å². The van der Waals surface area contributed by atoms with Crippen molar-refractivity contribution in [3.63, 3.8) is 0 Å². The molecule has 1 N–H and O–H groups in total. The fourth-order valence-corrected chi connectivity index (χ4v) is 5.11. The Kier molecular flexibility index (Phi) is 5.34. The fraction of sp³-hybridized carbons (Fsp3) is 1.00. The van der Waals surface area contributed by atoms with E-state index in [0.717, 1.165) is 25.7 Å².